The monoisotopic (exact) mass is 269 g/mol. The average molecular weight is 270 g/mol. The van der Waals surface area contributed by atoms with Crippen molar-refractivity contribution in [1.29, 1.82) is 0 Å². The zero-order chi connectivity index (χ0) is 10.8. The maximum absolute atomic E-state index is 13.5. The van der Waals surface area contributed by atoms with Crippen molar-refractivity contribution in [3.8, 4) is 5.69 Å². The third kappa shape index (κ3) is 1.80. The summed E-state index contributed by atoms with van der Waals surface area (Å²) < 4.78 is 15.9. The molecule has 78 valence electrons. The van der Waals surface area contributed by atoms with Crippen LogP contribution in [0.15, 0.2) is 35.1 Å². The van der Waals surface area contributed by atoms with Gasteiger partial charge in [0.25, 0.3) is 0 Å². The minimum absolute atomic E-state index is 0.264. The number of hydrogen-bond donors (Lipinski definition) is 1. The summed E-state index contributed by atoms with van der Waals surface area (Å²) in [5.41, 5.74) is 5.97. The van der Waals surface area contributed by atoms with Gasteiger partial charge in [0.15, 0.2) is 0 Å². The largest absolute Gasteiger partial charge is 0.324 e. The van der Waals surface area contributed by atoms with Gasteiger partial charge in [-0.3, -0.25) is 4.57 Å². The Balaban J connectivity index is 2.63. The summed E-state index contributed by atoms with van der Waals surface area (Å²) in [6.07, 6.45) is 1.61. The fourth-order valence-electron chi connectivity index (χ4n) is 1.40. The Kier molecular flexibility index (Phi) is 2.83. The van der Waals surface area contributed by atoms with Crippen LogP contribution in [0.1, 0.15) is 5.82 Å². The van der Waals surface area contributed by atoms with Crippen LogP contribution in [0.5, 0.6) is 0 Å². The van der Waals surface area contributed by atoms with Gasteiger partial charge in [-0.05, 0) is 28.1 Å². The predicted molar refractivity (Wildman–Crippen MR) is 59.1 cm³/mol. The summed E-state index contributed by atoms with van der Waals surface area (Å²) in [5, 5.41) is 0. The molecule has 0 unspecified atom stereocenters. The number of nitrogens with zero attached hydrogens (tertiary/aromatic N) is 2. The maximum atomic E-state index is 13.5. The van der Waals surface area contributed by atoms with Gasteiger partial charge in [-0.25, -0.2) is 9.37 Å². The molecule has 3 nitrogen and oxygen atoms in total. The molecule has 0 spiro atoms. The standard InChI is InChI=1S/C10H9BrFN3/c11-9-6-14-10(5-13)15(9)8-4-2-1-3-7(8)12/h1-4,6H,5,13H2. The quantitative estimate of drug-likeness (QED) is 0.909. The Hall–Kier alpha value is -1.20. The molecule has 1 heterocycles. The van der Waals surface area contributed by atoms with Crippen LogP contribution >= 0.6 is 15.9 Å². The topological polar surface area (TPSA) is 43.8 Å². The Labute approximate surface area is 94.9 Å². The van der Waals surface area contributed by atoms with E-state index in [0.717, 1.165) is 0 Å². The van der Waals surface area contributed by atoms with Crippen LogP contribution in [0.2, 0.25) is 0 Å². The van der Waals surface area contributed by atoms with E-state index >= 15 is 0 Å². The minimum Gasteiger partial charge on any atom is -0.324 e. The van der Waals surface area contributed by atoms with Gasteiger partial charge < -0.3 is 5.73 Å². The van der Waals surface area contributed by atoms with Gasteiger partial charge in [0.05, 0.1) is 18.4 Å². The fraction of sp³-hybridized carbons (Fsp3) is 0.100. The van der Waals surface area contributed by atoms with Crippen LogP contribution in [0, 0.1) is 5.82 Å². The van der Waals surface area contributed by atoms with E-state index in [9.17, 15) is 4.39 Å². The molecule has 0 bridgehead atoms. The Bertz CT molecular complexity index is 481. The summed E-state index contributed by atoms with van der Waals surface area (Å²) >= 11 is 3.31. The van der Waals surface area contributed by atoms with Crippen LogP contribution in [-0.2, 0) is 6.54 Å². The normalized spacial score (nSPS) is 10.6. The number of halogens is 2. The molecule has 5 heteroatoms. The molecule has 0 amide bonds. The number of benzene rings is 1. The number of aromatic nitrogens is 2. The smallest absolute Gasteiger partial charge is 0.147 e. The summed E-state index contributed by atoms with van der Waals surface area (Å²) in [6, 6.07) is 6.50. The molecule has 0 saturated carbocycles. The van der Waals surface area contributed by atoms with Crippen molar-refractivity contribution >= 4 is 15.9 Å². The lowest BCUT2D eigenvalue weighted by molar-refractivity contribution is 0.614. The molecule has 0 radical (unpaired) electrons. The highest BCUT2D eigenvalue weighted by atomic mass is 79.9. The van der Waals surface area contributed by atoms with Crippen molar-refractivity contribution in [3.05, 3.63) is 46.7 Å². The van der Waals surface area contributed by atoms with Crippen LogP contribution < -0.4 is 5.73 Å². The summed E-state index contributed by atoms with van der Waals surface area (Å²) in [7, 11) is 0. The van der Waals surface area contributed by atoms with Gasteiger partial charge >= 0.3 is 0 Å². The molecular weight excluding hydrogens is 261 g/mol. The first kappa shape index (κ1) is 10.3. The highest BCUT2D eigenvalue weighted by Gasteiger charge is 2.11. The third-order valence-electron chi connectivity index (χ3n) is 2.07. The van der Waals surface area contributed by atoms with E-state index in [4.69, 9.17) is 5.73 Å². The van der Waals surface area contributed by atoms with E-state index < -0.39 is 0 Å². The number of imidazole rings is 1. The van der Waals surface area contributed by atoms with E-state index in [1.165, 1.54) is 6.07 Å². The van der Waals surface area contributed by atoms with Crippen molar-refractivity contribution in [1.82, 2.24) is 9.55 Å². The second kappa shape index (κ2) is 4.12. The molecule has 15 heavy (non-hydrogen) atoms. The van der Waals surface area contributed by atoms with Crippen LogP contribution in [0.25, 0.3) is 5.69 Å². The molecule has 0 fully saturated rings. The van der Waals surface area contributed by atoms with Gasteiger partial charge in [0, 0.05) is 0 Å². The number of hydrogen-bond acceptors (Lipinski definition) is 2. The number of para-hydroxylation sites is 1. The van der Waals surface area contributed by atoms with E-state index in [1.54, 1.807) is 29.0 Å². The van der Waals surface area contributed by atoms with Crippen LogP contribution in [0.3, 0.4) is 0 Å². The van der Waals surface area contributed by atoms with Crippen LogP contribution in [0.4, 0.5) is 4.39 Å². The minimum atomic E-state index is -0.300. The molecule has 1 aromatic carbocycles. The molecular formula is C10H9BrFN3. The van der Waals surface area contributed by atoms with Crippen molar-refractivity contribution in [2.45, 2.75) is 6.54 Å². The zero-order valence-corrected chi connectivity index (χ0v) is 9.41. The van der Waals surface area contributed by atoms with Gasteiger partial charge in [0.2, 0.25) is 0 Å². The van der Waals surface area contributed by atoms with E-state index in [-0.39, 0.29) is 12.4 Å². The zero-order valence-electron chi connectivity index (χ0n) is 7.82. The third-order valence-corrected chi connectivity index (χ3v) is 2.63. The second-order valence-electron chi connectivity index (χ2n) is 2.99. The number of nitrogens with two attached hydrogens (primary N) is 1. The van der Waals surface area contributed by atoms with Crippen molar-refractivity contribution in [3.63, 3.8) is 0 Å². The van der Waals surface area contributed by atoms with E-state index in [1.807, 2.05) is 0 Å². The Morgan fingerprint density at radius 2 is 2.13 bits per heavy atom. The Morgan fingerprint density at radius 3 is 2.80 bits per heavy atom. The van der Waals surface area contributed by atoms with E-state index in [2.05, 4.69) is 20.9 Å². The van der Waals surface area contributed by atoms with E-state index in [0.29, 0.717) is 16.1 Å². The average Bonchev–Trinajstić information content (AvgIpc) is 2.60. The van der Waals surface area contributed by atoms with Crippen molar-refractivity contribution in [2.75, 3.05) is 0 Å². The molecule has 2 N–H and O–H groups in total. The lowest BCUT2D eigenvalue weighted by Gasteiger charge is -2.08. The van der Waals surface area contributed by atoms with Gasteiger partial charge in [0.1, 0.15) is 16.2 Å². The lowest BCUT2D eigenvalue weighted by atomic mass is 10.3. The molecule has 0 atom stereocenters. The van der Waals surface area contributed by atoms with Gasteiger partial charge in [-0.2, -0.15) is 0 Å². The molecule has 0 saturated heterocycles. The summed E-state index contributed by atoms with van der Waals surface area (Å²) in [4.78, 5) is 4.08. The molecule has 1 aromatic heterocycles. The lowest BCUT2D eigenvalue weighted by Crippen LogP contribution is -2.08. The summed E-state index contributed by atoms with van der Waals surface area (Å²) in [6.45, 7) is 0.264. The first-order valence-corrected chi connectivity index (χ1v) is 5.20. The molecule has 2 rings (SSSR count). The van der Waals surface area contributed by atoms with Gasteiger partial charge in [-0.15, -0.1) is 0 Å². The van der Waals surface area contributed by atoms with Crippen molar-refractivity contribution < 1.29 is 4.39 Å². The fourth-order valence-corrected chi connectivity index (χ4v) is 1.90. The molecule has 2 aromatic rings. The first-order valence-electron chi connectivity index (χ1n) is 4.41. The molecule has 0 aliphatic heterocycles. The van der Waals surface area contributed by atoms with Gasteiger partial charge in [-0.1, -0.05) is 12.1 Å². The van der Waals surface area contributed by atoms with Crippen molar-refractivity contribution in [2.24, 2.45) is 5.73 Å². The van der Waals surface area contributed by atoms with Crippen LogP contribution in [-0.4, -0.2) is 9.55 Å². The Morgan fingerprint density at radius 1 is 1.40 bits per heavy atom. The summed E-state index contributed by atoms with van der Waals surface area (Å²) in [5.74, 6) is 0.317. The first-order chi connectivity index (χ1) is 7.24. The maximum Gasteiger partial charge on any atom is 0.147 e. The highest BCUT2D eigenvalue weighted by molar-refractivity contribution is 9.10. The predicted octanol–water partition coefficient (Wildman–Crippen LogP) is 2.23. The SMILES string of the molecule is NCc1ncc(Br)n1-c1ccccc1F. The molecule has 0 aliphatic rings. The second-order valence-corrected chi connectivity index (χ2v) is 3.80. The highest BCUT2D eigenvalue weighted by Crippen LogP contribution is 2.21. The molecule has 0 aliphatic carbocycles. The number of rotatable bonds is 2.